The largest absolute Gasteiger partial charge is 0.465 e. The van der Waals surface area contributed by atoms with Crippen molar-refractivity contribution in [2.45, 2.75) is 38.6 Å². The summed E-state index contributed by atoms with van der Waals surface area (Å²) in [5, 5.41) is 11.1. The van der Waals surface area contributed by atoms with E-state index in [1.807, 2.05) is 6.26 Å². The van der Waals surface area contributed by atoms with Crippen LogP contribution in [0.1, 0.15) is 32.6 Å². The third-order valence-corrected chi connectivity index (χ3v) is 2.55. The van der Waals surface area contributed by atoms with Crippen molar-refractivity contribution >= 4 is 17.9 Å². The minimum absolute atomic E-state index is 0.143. The van der Waals surface area contributed by atoms with Gasteiger partial charge in [-0.3, -0.25) is 0 Å². The van der Waals surface area contributed by atoms with Crippen molar-refractivity contribution in [1.29, 1.82) is 0 Å². The van der Waals surface area contributed by atoms with Crippen molar-refractivity contribution in [3.05, 3.63) is 0 Å². The van der Waals surface area contributed by atoms with E-state index in [4.69, 9.17) is 5.11 Å². The fraction of sp³-hybridized carbons (Fsp3) is 0.889. The predicted molar refractivity (Wildman–Crippen MR) is 57.5 cm³/mol. The fourth-order valence-corrected chi connectivity index (χ4v) is 1.69. The molecule has 0 radical (unpaired) electrons. The Hall–Kier alpha value is -0.380. The van der Waals surface area contributed by atoms with Crippen molar-refractivity contribution in [3.63, 3.8) is 0 Å². The molecule has 0 unspecified atom stereocenters. The summed E-state index contributed by atoms with van der Waals surface area (Å²) in [7, 11) is 0. The van der Waals surface area contributed by atoms with E-state index >= 15 is 0 Å². The number of hydrogen-bond acceptors (Lipinski definition) is 2. The van der Waals surface area contributed by atoms with E-state index in [0.29, 0.717) is 0 Å². The molecule has 1 atom stereocenters. The lowest BCUT2D eigenvalue weighted by Gasteiger charge is -2.15. The van der Waals surface area contributed by atoms with Crippen LogP contribution in [0.25, 0.3) is 0 Å². The minimum Gasteiger partial charge on any atom is -0.465 e. The monoisotopic (exact) mass is 205 g/mol. The SMILES string of the molecule is CCCC[C@@H](CCSC)NC(=O)O. The molecule has 0 aromatic carbocycles. The number of rotatable bonds is 7. The lowest BCUT2D eigenvalue weighted by atomic mass is 10.1. The van der Waals surface area contributed by atoms with Gasteiger partial charge in [0.15, 0.2) is 0 Å². The first-order valence-corrected chi connectivity index (χ1v) is 6.08. The molecular formula is C9H19NO2S. The van der Waals surface area contributed by atoms with Gasteiger partial charge in [-0.15, -0.1) is 0 Å². The van der Waals surface area contributed by atoms with Crippen LogP contribution in [0.2, 0.25) is 0 Å². The summed E-state index contributed by atoms with van der Waals surface area (Å²) in [6.45, 7) is 2.12. The Balaban J connectivity index is 3.66. The highest BCUT2D eigenvalue weighted by molar-refractivity contribution is 7.98. The zero-order valence-corrected chi connectivity index (χ0v) is 9.19. The molecule has 0 fully saturated rings. The molecule has 3 nitrogen and oxygen atoms in total. The van der Waals surface area contributed by atoms with E-state index in [-0.39, 0.29) is 6.04 Å². The van der Waals surface area contributed by atoms with E-state index in [1.54, 1.807) is 11.8 Å². The van der Waals surface area contributed by atoms with Crippen LogP contribution in [0.3, 0.4) is 0 Å². The number of amides is 1. The van der Waals surface area contributed by atoms with Crippen LogP contribution in [-0.2, 0) is 0 Å². The van der Waals surface area contributed by atoms with Crippen molar-refractivity contribution in [2.75, 3.05) is 12.0 Å². The van der Waals surface area contributed by atoms with Crippen molar-refractivity contribution in [1.82, 2.24) is 5.32 Å². The molecule has 0 rings (SSSR count). The summed E-state index contributed by atoms with van der Waals surface area (Å²) < 4.78 is 0. The van der Waals surface area contributed by atoms with Crippen LogP contribution in [0.5, 0.6) is 0 Å². The Labute approximate surface area is 84.3 Å². The molecule has 0 bridgehead atoms. The number of carbonyl (C=O) groups is 1. The van der Waals surface area contributed by atoms with E-state index < -0.39 is 6.09 Å². The average Bonchev–Trinajstić information content (AvgIpc) is 2.09. The van der Waals surface area contributed by atoms with Gasteiger partial charge >= 0.3 is 6.09 Å². The minimum atomic E-state index is -0.901. The number of carboxylic acid groups (broad SMARTS) is 1. The number of hydrogen-bond donors (Lipinski definition) is 2. The molecule has 2 N–H and O–H groups in total. The van der Waals surface area contributed by atoms with Crippen LogP contribution in [0.4, 0.5) is 4.79 Å². The van der Waals surface area contributed by atoms with E-state index in [1.165, 1.54) is 0 Å². The second-order valence-corrected chi connectivity index (χ2v) is 4.06. The van der Waals surface area contributed by atoms with Crippen LogP contribution in [0, 0.1) is 0 Å². The van der Waals surface area contributed by atoms with Crippen LogP contribution < -0.4 is 5.32 Å². The van der Waals surface area contributed by atoms with Crippen LogP contribution >= 0.6 is 11.8 Å². The molecule has 0 aliphatic rings. The molecule has 0 saturated heterocycles. The van der Waals surface area contributed by atoms with Gasteiger partial charge in [-0.1, -0.05) is 19.8 Å². The number of thioether (sulfide) groups is 1. The molecule has 13 heavy (non-hydrogen) atoms. The van der Waals surface area contributed by atoms with E-state index in [2.05, 4.69) is 12.2 Å². The molecule has 1 amide bonds. The summed E-state index contributed by atoms with van der Waals surface area (Å²) in [6.07, 6.45) is 5.26. The summed E-state index contributed by atoms with van der Waals surface area (Å²) >= 11 is 1.76. The summed E-state index contributed by atoms with van der Waals surface area (Å²) in [5.74, 6) is 1.02. The maximum atomic E-state index is 10.4. The van der Waals surface area contributed by atoms with Gasteiger partial charge in [-0.25, -0.2) is 4.79 Å². The number of unbranched alkanes of at least 4 members (excludes halogenated alkanes) is 1. The molecule has 0 spiro atoms. The summed E-state index contributed by atoms with van der Waals surface area (Å²) in [4.78, 5) is 10.4. The topological polar surface area (TPSA) is 49.3 Å². The number of nitrogens with one attached hydrogen (secondary N) is 1. The summed E-state index contributed by atoms with van der Waals surface area (Å²) in [6, 6.07) is 0.143. The average molecular weight is 205 g/mol. The van der Waals surface area contributed by atoms with Crippen LogP contribution in [-0.4, -0.2) is 29.3 Å². The quantitative estimate of drug-likeness (QED) is 0.671. The molecule has 0 heterocycles. The molecule has 0 aliphatic carbocycles. The van der Waals surface area contributed by atoms with Gasteiger partial charge in [0.2, 0.25) is 0 Å². The van der Waals surface area contributed by atoms with E-state index in [0.717, 1.165) is 31.4 Å². The Morgan fingerprint density at radius 1 is 1.54 bits per heavy atom. The first-order valence-electron chi connectivity index (χ1n) is 4.69. The molecule has 0 aromatic heterocycles. The van der Waals surface area contributed by atoms with Crippen molar-refractivity contribution in [2.24, 2.45) is 0 Å². The third kappa shape index (κ3) is 7.96. The highest BCUT2D eigenvalue weighted by Crippen LogP contribution is 2.07. The van der Waals surface area contributed by atoms with Crippen LogP contribution in [0.15, 0.2) is 0 Å². The van der Waals surface area contributed by atoms with Crippen molar-refractivity contribution < 1.29 is 9.90 Å². The molecule has 4 heteroatoms. The Morgan fingerprint density at radius 2 is 2.23 bits per heavy atom. The maximum absolute atomic E-state index is 10.4. The second kappa shape index (κ2) is 8.23. The normalized spacial score (nSPS) is 12.5. The zero-order valence-electron chi connectivity index (χ0n) is 8.38. The highest BCUT2D eigenvalue weighted by Gasteiger charge is 2.09. The van der Waals surface area contributed by atoms with Gasteiger partial charge in [-0.2, -0.15) is 11.8 Å². The van der Waals surface area contributed by atoms with Gasteiger partial charge in [0.25, 0.3) is 0 Å². The molecule has 0 saturated carbocycles. The third-order valence-electron chi connectivity index (χ3n) is 1.90. The molecule has 0 aromatic rings. The Morgan fingerprint density at radius 3 is 2.69 bits per heavy atom. The first-order chi connectivity index (χ1) is 6.20. The molecular weight excluding hydrogens is 186 g/mol. The molecule has 78 valence electrons. The standard InChI is InChI=1S/C9H19NO2S/c1-3-4-5-8(6-7-13-2)10-9(11)12/h8,10H,3-7H2,1-2H3,(H,11,12)/t8-/m0/s1. The lowest BCUT2D eigenvalue weighted by molar-refractivity contribution is 0.188. The van der Waals surface area contributed by atoms with Gasteiger partial charge in [-0.05, 0) is 24.9 Å². The first kappa shape index (κ1) is 12.6. The zero-order chi connectivity index (χ0) is 10.1. The van der Waals surface area contributed by atoms with Gasteiger partial charge in [0.05, 0.1) is 0 Å². The second-order valence-electron chi connectivity index (χ2n) is 3.07. The van der Waals surface area contributed by atoms with Gasteiger partial charge in [0, 0.05) is 6.04 Å². The lowest BCUT2D eigenvalue weighted by Crippen LogP contribution is -2.34. The predicted octanol–water partition coefficient (Wildman–Crippen LogP) is 2.57. The summed E-state index contributed by atoms with van der Waals surface area (Å²) in [5.41, 5.74) is 0. The Bertz CT molecular complexity index is 134. The fourth-order valence-electron chi connectivity index (χ4n) is 1.17. The van der Waals surface area contributed by atoms with E-state index in [9.17, 15) is 4.79 Å². The van der Waals surface area contributed by atoms with Gasteiger partial charge < -0.3 is 10.4 Å². The maximum Gasteiger partial charge on any atom is 0.404 e. The van der Waals surface area contributed by atoms with Crippen molar-refractivity contribution in [3.8, 4) is 0 Å². The highest BCUT2D eigenvalue weighted by atomic mass is 32.2. The smallest absolute Gasteiger partial charge is 0.404 e. The Kier molecular flexibility index (Phi) is 7.99. The van der Waals surface area contributed by atoms with Gasteiger partial charge in [0.1, 0.15) is 0 Å². The molecule has 0 aliphatic heterocycles.